The van der Waals surface area contributed by atoms with E-state index in [9.17, 15) is 13.5 Å². The third-order valence-corrected chi connectivity index (χ3v) is 11.4. The molecule has 0 bridgehead atoms. The number of rotatable bonds is 7. The van der Waals surface area contributed by atoms with Gasteiger partial charge in [0.2, 0.25) is 9.84 Å². The summed E-state index contributed by atoms with van der Waals surface area (Å²) in [7, 11) is -4.03. The first-order valence-corrected chi connectivity index (χ1v) is 16.8. The van der Waals surface area contributed by atoms with Gasteiger partial charge in [0.25, 0.3) is 5.06 Å². The number of anilines is 1. The summed E-state index contributed by atoms with van der Waals surface area (Å²) in [6.07, 6.45) is 0. The number of sulfone groups is 1. The lowest BCUT2D eigenvalue weighted by atomic mass is 9.85. The van der Waals surface area contributed by atoms with Crippen molar-refractivity contribution in [1.82, 2.24) is 4.90 Å². The summed E-state index contributed by atoms with van der Waals surface area (Å²) < 4.78 is 27.9. The summed E-state index contributed by atoms with van der Waals surface area (Å²) in [5.41, 5.74) is 7.40. The zero-order valence-electron chi connectivity index (χ0n) is 25.9. The number of benzene rings is 4. The largest absolute Gasteiger partial charge is 0.359 e. The second-order valence-corrected chi connectivity index (χ2v) is 14.9. The standard InChI is InChI=1S/C37H42N2O3S/c1-24(2)29-21-30(25(3)4)36(31(22-29)26(5)6)38-23-39(37(40)32-19-13-14-20-33(32)43(37,41)42)35(28-17-11-8-12-18-28)34(38)27-15-9-7-10-16-27/h7-22,24-26,34-35,40H,23H2,1-6H3/t34-,35+,37?/m1/s1. The molecule has 1 saturated heterocycles. The normalized spacial score (nSPS) is 23.2. The maximum absolute atomic E-state index is 14.0. The third kappa shape index (κ3) is 4.54. The van der Waals surface area contributed by atoms with E-state index in [4.69, 9.17) is 0 Å². The molecule has 0 aliphatic carbocycles. The maximum Gasteiger partial charge on any atom is 0.257 e. The van der Waals surface area contributed by atoms with E-state index in [2.05, 4.69) is 70.7 Å². The van der Waals surface area contributed by atoms with Crippen LogP contribution in [-0.4, -0.2) is 25.1 Å². The molecule has 0 saturated carbocycles. The van der Waals surface area contributed by atoms with Crippen LogP contribution in [0.5, 0.6) is 0 Å². The highest BCUT2D eigenvalue weighted by Gasteiger charge is 2.65. The molecule has 224 valence electrons. The molecule has 5 nitrogen and oxygen atoms in total. The van der Waals surface area contributed by atoms with Crippen LogP contribution in [0.2, 0.25) is 0 Å². The average molecular weight is 595 g/mol. The Balaban J connectivity index is 1.66. The number of nitrogens with zero attached hydrogens (tertiary/aromatic N) is 2. The van der Waals surface area contributed by atoms with Crippen LogP contribution in [-0.2, 0) is 14.9 Å². The predicted octanol–water partition coefficient (Wildman–Crippen LogP) is 8.21. The summed E-state index contributed by atoms with van der Waals surface area (Å²) in [5.74, 6) is 0.852. The molecule has 6 rings (SSSR count). The van der Waals surface area contributed by atoms with E-state index in [0.29, 0.717) is 11.5 Å². The Labute approximate surface area is 256 Å². The highest BCUT2D eigenvalue weighted by Crippen LogP contribution is 2.58. The van der Waals surface area contributed by atoms with Crippen molar-refractivity contribution in [3.8, 4) is 0 Å². The zero-order chi connectivity index (χ0) is 30.7. The van der Waals surface area contributed by atoms with E-state index in [1.165, 1.54) is 16.7 Å². The Kier molecular flexibility index (Phi) is 7.52. The Hall–Kier alpha value is -3.45. The lowest BCUT2D eigenvalue weighted by Crippen LogP contribution is -2.58. The molecular formula is C37H42N2O3S. The fraction of sp³-hybridized carbons (Fsp3) is 0.351. The van der Waals surface area contributed by atoms with Gasteiger partial charge in [0, 0.05) is 11.3 Å². The maximum atomic E-state index is 14.0. The van der Waals surface area contributed by atoms with E-state index >= 15 is 0 Å². The molecule has 1 unspecified atom stereocenters. The van der Waals surface area contributed by atoms with Gasteiger partial charge in [-0.3, -0.25) is 0 Å². The first kappa shape index (κ1) is 29.6. The van der Waals surface area contributed by atoms with E-state index < -0.39 is 20.9 Å². The molecule has 0 amide bonds. The second-order valence-electron chi connectivity index (χ2n) is 12.9. The van der Waals surface area contributed by atoms with Crippen LogP contribution in [0.25, 0.3) is 0 Å². The number of hydrogen-bond donors (Lipinski definition) is 1. The van der Waals surface area contributed by atoms with Crippen LogP contribution in [0.3, 0.4) is 0 Å². The van der Waals surface area contributed by atoms with Gasteiger partial charge in [0.15, 0.2) is 0 Å². The molecule has 0 radical (unpaired) electrons. The fourth-order valence-corrected chi connectivity index (χ4v) is 8.84. The summed E-state index contributed by atoms with van der Waals surface area (Å²) in [5, 5.41) is 10.3. The molecule has 0 spiro atoms. The van der Waals surface area contributed by atoms with E-state index in [-0.39, 0.29) is 29.4 Å². The second kappa shape index (κ2) is 10.9. The first-order chi connectivity index (χ1) is 20.5. The predicted molar refractivity (Wildman–Crippen MR) is 174 cm³/mol. The Bertz CT molecular complexity index is 1710. The van der Waals surface area contributed by atoms with Gasteiger partial charge in [-0.05, 0) is 51.6 Å². The molecule has 43 heavy (non-hydrogen) atoms. The summed E-state index contributed by atoms with van der Waals surface area (Å²) in [4.78, 5) is 4.39. The highest BCUT2D eigenvalue weighted by molar-refractivity contribution is 7.93. The quantitative estimate of drug-likeness (QED) is 0.234. The van der Waals surface area contributed by atoms with Crippen LogP contribution in [0, 0.1) is 0 Å². The number of aliphatic hydroxyl groups is 1. The highest BCUT2D eigenvalue weighted by atomic mass is 32.2. The van der Waals surface area contributed by atoms with Crippen molar-refractivity contribution >= 4 is 15.5 Å². The molecule has 4 aromatic carbocycles. The zero-order valence-corrected chi connectivity index (χ0v) is 26.7. The van der Waals surface area contributed by atoms with Crippen LogP contribution < -0.4 is 4.90 Å². The minimum absolute atomic E-state index is 0.200. The van der Waals surface area contributed by atoms with Crippen molar-refractivity contribution in [3.05, 3.63) is 130 Å². The van der Waals surface area contributed by atoms with Gasteiger partial charge in [0.05, 0.1) is 23.6 Å². The van der Waals surface area contributed by atoms with Gasteiger partial charge in [-0.2, -0.15) is 0 Å². The minimum atomic E-state index is -4.03. The van der Waals surface area contributed by atoms with E-state index in [1.54, 1.807) is 24.3 Å². The van der Waals surface area contributed by atoms with Crippen LogP contribution in [0.1, 0.15) is 105 Å². The van der Waals surface area contributed by atoms with Gasteiger partial charge in [-0.25, -0.2) is 13.3 Å². The fourth-order valence-electron chi connectivity index (χ4n) is 6.98. The van der Waals surface area contributed by atoms with E-state index in [1.807, 2.05) is 53.4 Å². The van der Waals surface area contributed by atoms with Crippen LogP contribution in [0.4, 0.5) is 5.69 Å². The first-order valence-electron chi connectivity index (χ1n) is 15.4. The number of fused-ring (bicyclic) bond motifs is 1. The number of hydrogen-bond acceptors (Lipinski definition) is 5. The van der Waals surface area contributed by atoms with Gasteiger partial charge in [0.1, 0.15) is 0 Å². The average Bonchev–Trinajstić information content (AvgIpc) is 3.41. The third-order valence-electron chi connectivity index (χ3n) is 9.24. The SMILES string of the molecule is CC(C)c1cc(C(C)C)c(N2CN(C3(O)c4ccccc4S3(=O)=O)[C@@H](c3ccccc3)[C@H]2c2ccccc2)c(C(C)C)c1. The van der Waals surface area contributed by atoms with Crippen molar-refractivity contribution in [2.75, 3.05) is 11.6 Å². The molecule has 2 heterocycles. The van der Waals surface area contributed by atoms with Crippen LogP contribution >= 0.6 is 0 Å². The van der Waals surface area contributed by atoms with Crippen molar-refractivity contribution in [2.24, 2.45) is 0 Å². The van der Waals surface area contributed by atoms with Crippen molar-refractivity contribution < 1.29 is 13.5 Å². The molecule has 2 aliphatic rings. The molecule has 4 aromatic rings. The smallest absolute Gasteiger partial charge is 0.257 e. The molecule has 1 N–H and O–H groups in total. The lowest BCUT2D eigenvalue weighted by molar-refractivity contribution is -0.0647. The van der Waals surface area contributed by atoms with Crippen molar-refractivity contribution in [3.63, 3.8) is 0 Å². The van der Waals surface area contributed by atoms with Crippen molar-refractivity contribution in [2.45, 2.75) is 81.3 Å². The molecule has 6 heteroatoms. The summed E-state index contributed by atoms with van der Waals surface area (Å²) >= 11 is 0. The van der Waals surface area contributed by atoms with Gasteiger partial charge in [-0.15, -0.1) is 0 Å². The van der Waals surface area contributed by atoms with Gasteiger partial charge >= 0.3 is 0 Å². The molecular weight excluding hydrogens is 552 g/mol. The molecule has 1 fully saturated rings. The Morgan fingerprint density at radius 2 is 1.19 bits per heavy atom. The topological polar surface area (TPSA) is 60.9 Å². The van der Waals surface area contributed by atoms with Crippen LogP contribution in [0.15, 0.2) is 102 Å². The van der Waals surface area contributed by atoms with E-state index in [0.717, 1.165) is 16.8 Å². The van der Waals surface area contributed by atoms with Gasteiger partial charge in [-0.1, -0.05) is 133 Å². The van der Waals surface area contributed by atoms with Gasteiger partial charge < -0.3 is 10.0 Å². The Morgan fingerprint density at radius 1 is 0.698 bits per heavy atom. The molecule has 3 atom stereocenters. The Morgan fingerprint density at radius 3 is 1.70 bits per heavy atom. The minimum Gasteiger partial charge on any atom is -0.359 e. The lowest BCUT2D eigenvalue weighted by Gasteiger charge is -2.46. The summed E-state index contributed by atoms with van der Waals surface area (Å²) in [6.45, 7) is 13.6. The summed E-state index contributed by atoms with van der Waals surface area (Å²) in [6, 6.07) is 31.2. The molecule has 0 aromatic heterocycles. The van der Waals surface area contributed by atoms with Crippen molar-refractivity contribution in [1.29, 1.82) is 0 Å². The monoisotopic (exact) mass is 594 g/mol. The molecule has 2 aliphatic heterocycles.